The van der Waals surface area contributed by atoms with Crippen LogP contribution in [-0.2, 0) is 13.5 Å². The Morgan fingerprint density at radius 3 is 2.76 bits per heavy atom. The number of benzene rings is 2. The molecule has 4 heteroatoms. The molecule has 0 amide bonds. The van der Waals surface area contributed by atoms with Gasteiger partial charge in [0.05, 0.1) is 11.0 Å². The number of nitrogens with zero attached hydrogens (tertiary/aromatic N) is 2. The molecule has 0 fully saturated rings. The van der Waals surface area contributed by atoms with Gasteiger partial charge in [-0.05, 0) is 42.3 Å². The fourth-order valence-electron chi connectivity index (χ4n) is 2.70. The largest absolute Gasteiger partial charge is 0.331 e. The van der Waals surface area contributed by atoms with Crippen LogP contribution in [0.4, 0.5) is 0 Å². The maximum atomic E-state index is 6.38. The second-order valence-corrected chi connectivity index (χ2v) is 5.82. The zero-order valence-corrected chi connectivity index (χ0v) is 12.9. The van der Waals surface area contributed by atoms with Crippen LogP contribution in [0.3, 0.4) is 0 Å². The Kier molecular flexibility index (Phi) is 3.70. The van der Waals surface area contributed by atoms with Crippen molar-refractivity contribution >= 4 is 22.6 Å². The molecule has 2 N–H and O–H groups in total. The van der Waals surface area contributed by atoms with Gasteiger partial charge in [-0.15, -0.1) is 0 Å². The summed E-state index contributed by atoms with van der Waals surface area (Å²) in [5, 5.41) is 0.719. The molecule has 0 aliphatic heterocycles. The summed E-state index contributed by atoms with van der Waals surface area (Å²) in [6.45, 7) is 2.06. The molecule has 1 aromatic heterocycles. The summed E-state index contributed by atoms with van der Waals surface area (Å²) < 4.78 is 2.11. The summed E-state index contributed by atoms with van der Waals surface area (Å²) in [6, 6.07) is 13.9. The van der Waals surface area contributed by atoms with Gasteiger partial charge in [0.15, 0.2) is 0 Å². The lowest BCUT2D eigenvalue weighted by Gasteiger charge is -2.15. The molecule has 0 saturated heterocycles. The van der Waals surface area contributed by atoms with E-state index in [9.17, 15) is 0 Å². The minimum absolute atomic E-state index is 0.112. The van der Waals surface area contributed by atoms with Crippen molar-refractivity contribution in [3.05, 3.63) is 64.4 Å². The molecule has 3 aromatic rings. The molecule has 0 aliphatic rings. The molecule has 3 rings (SSSR count). The van der Waals surface area contributed by atoms with Crippen molar-refractivity contribution in [3.8, 4) is 0 Å². The summed E-state index contributed by atoms with van der Waals surface area (Å²) in [5.41, 5.74) is 10.7. The number of hydrogen-bond donors (Lipinski definition) is 1. The van der Waals surface area contributed by atoms with E-state index in [0.29, 0.717) is 6.42 Å². The van der Waals surface area contributed by atoms with Crippen molar-refractivity contribution in [2.24, 2.45) is 12.8 Å². The summed E-state index contributed by atoms with van der Waals surface area (Å²) in [6.07, 6.45) is 0.687. The predicted molar refractivity (Wildman–Crippen MR) is 87.5 cm³/mol. The van der Waals surface area contributed by atoms with Crippen molar-refractivity contribution in [1.29, 1.82) is 0 Å². The van der Waals surface area contributed by atoms with Crippen molar-refractivity contribution < 1.29 is 0 Å². The molecule has 0 bridgehead atoms. The van der Waals surface area contributed by atoms with Crippen LogP contribution in [0.5, 0.6) is 0 Å². The van der Waals surface area contributed by atoms with E-state index in [1.807, 2.05) is 43.4 Å². The third-order valence-corrected chi connectivity index (χ3v) is 4.16. The fourth-order valence-corrected chi connectivity index (χ4v) is 2.88. The molecule has 0 spiro atoms. The Morgan fingerprint density at radius 1 is 1.24 bits per heavy atom. The molecule has 108 valence electrons. The topological polar surface area (TPSA) is 43.8 Å². The highest BCUT2D eigenvalue weighted by Crippen LogP contribution is 2.24. The monoisotopic (exact) mass is 299 g/mol. The van der Waals surface area contributed by atoms with Crippen molar-refractivity contribution in [2.45, 2.75) is 19.4 Å². The minimum Gasteiger partial charge on any atom is -0.331 e. The normalized spacial score (nSPS) is 12.8. The highest BCUT2D eigenvalue weighted by molar-refractivity contribution is 6.30. The molecule has 3 nitrogen and oxygen atoms in total. The zero-order chi connectivity index (χ0) is 15.0. The summed E-state index contributed by atoms with van der Waals surface area (Å²) in [5.74, 6) is 0.989. The van der Waals surface area contributed by atoms with Crippen LogP contribution in [0.2, 0.25) is 5.02 Å². The fraction of sp³-hybridized carbons (Fsp3) is 0.235. The molecule has 1 unspecified atom stereocenters. The third kappa shape index (κ3) is 2.67. The molecule has 21 heavy (non-hydrogen) atoms. The summed E-state index contributed by atoms with van der Waals surface area (Å²) in [7, 11) is 2.03. The average molecular weight is 300 g/mol. The Hall–Kier alpha value is -1.84. The van der Waals surface area contributed by atoms with E-state index in [1.54, 1.807) is 0 Å². The quantitative estimate of drug-likeness (QED) is 0.800. The number of nitrogens with two attached hydrogens (primary N) is 1. The van der Waals surface area contributed by atoms with Gasteiger partial charge in [-0.2, -0.15) is 0 Å². The number of rotatable bonds is 3. The van der Waals surface area contributed by atoms with Gasteiger partial charge in [0, 0.05) is 24.5 Å². The molecule has 0 aliphatic carbocycles. The predicted octanol–water partition coefficient (Wildman–Crippen LogP) is 3.78. The second kappa shape index (κ2) is 5.51. The van der Waals surface area contributed by atoms with Crippen LogP contribution in [-0.4, -0.2) is 9.55 Å². The minimum atomic E-state index is -0.112. The highest BCUT2D eigenvalue weighted by atomic mass is 35.5. The molecule has 2 aromatic carbocycles. The maximum Gasteiger partial charge on any atom is 0.111 e. The Labute approximate surface area is 129 Å². The van der Waals surface area contributed by atoms with Crippen molar-refractivity contribution in [3.63, 3.8) is 0 Å². The number of aryl methyl sites for hydroxylation is 2. The first-order valence-corrected chi connectivity index (χ1v) is 7.36. The standard InChI is InChI=1S/C17H18ClN3/c1-11-7-8-12(18)9-13(11)14(19)10-17-20-15-5-3-4-6-16(15)21(17)2/h3-9,14H,10,19H2,1-2H3. The van der Waals surface area contributed by atoms with E-state index in [0.717, 1.165) is 33.0 Å². The van der Waals surface area contributed by atoms with Crippen molar-refractivity contribution in [2.75, 3.05) is 0 Å². The first-order valence-electron chi connectivity index (χ1n) is 6.98. The van der Waals surface area contributed by atoms with Crippen LogP contribution >= 0.6 is 11.6 Å². The first-order chi connectivity index (χ1) is 10.1. The van der Waals surface area contributed by atoms with Crippen LogP contribution in [0.1, 0.15) is 23.0 Å². The Balaban J connectivity index is 1.94. The van der Waals surface area contributed by atoms with Crippen LogP contribution in [0.25, 0.3) is 11.0 Å². The van der Waals surface area contributed by atoms with Gasteiger partial charge in [0.25, 0.3) is 0 Å². The maximum absolute atomic E-state index is 6.38. The summed E-state index contributed by atoms with van der Waals surface area (Å²) >= 11 is 6.08. The van der Waals surface area contributed by atoms with Gasteiger partial charge in [-0.1, -0.05) is 29.8 Å². The number of imidazole rings is 1. The highest BCUT2D eigenvalue weighted by Gasteiger charge is 2.15. The number of para-hydroxylation sites is 2. The number of aromatic nitrogens is 2. The number of hydrogen-bond acceptors (Lipinski definition) is 2. The Bertz CT molecular complexity index is 792. The lowest BCUT2D eigenvalue weighted by Crippen LogP contribution is -2.17. The van der Waals surface area contributed by atoms with E-state index in [-0.39, 0.29) is 6.04 Å². The van der Waals surface area contributed by atoms with Gasteiger partial charge in [-0.25, -0.2) is 4.98 Å². The van der Waals surface area contributed by atoms with Gasteiger partial charge in [0.1, 0.15) is 5.82 Å². The first kappa shape index (κ1) is 14.1. The van der Waals surface area contributed by atoms with Crippen LogP contribution in [0.15, 0.2) is 42.5 Å². The van der Waals surface area contributed by atoms with E-state index >= 15 is 0 Å². The average Bonchev–Trinajstić information content (AvgIpc) is 2.78. The molecule has 0 radical (unpaired) electrons. The number of halogens is 1. The molecule has 0 saturated carbocycles. The molecule has 1 heterocycles. The Morgan fingerprint density at radius 2 is 2.00 bits per heavy atom. The lowest BCUT2D eigenvalue weighted by atomic mass is 9.99. The van der Waals surface area contributed by atoms with Gasteiger partial charge in [-0.3, -0.25) is 0 Å². The van der Waals surface area contributed by atoms with E-state index < -0.39 is 0 Å². The second-order valence-electron chi connectivity index (χ2n) is 5.39. The van der Waals surface area contributed by atoms with Gasteiger partial charge in [0.2, 0.25) is 0 Å². The van der Waals surface area contributed by atoms with E-state index in [2.05, 4.69) is 22.5 Å². The lowest BCUT2D eigenvalue weighted by molar-refractivity contribution is 0.662. The zero-order valence-electron chi connectivity index (χ0n) is 12.2. The third-order valence-electron chi connectivity index (χ3n) is 3.92. The smallest absolute Gasteiger partial charge is 0.111 e. The van der Waals surface area contributed by atoms with Crippen molar-refractivity contribution in [1.82, 2.24) is 9.55 Å². The number of fused-ring (bicyclic) bond motifs is 1. The van der Waals surface area contributed by atoms with E-state index in [4.69, 9.17) is 17.3 Å². The van der Waals surface area contributed by atoms with Gasteiger partial charge < -0.3 is 10.3 Å². The molecular formula is C17H18ClN3. The molecular weight excluding hydrogens is 282 g/mol. The van der Waals surface area contributed by atoms with E-state index in [1.165, 1.54) is 0 Å². The van der Waals surface area contributed by atoms with Gasteiger partial charge >= 0.3 is 0 Å². The molecule has 1 atom stereocenters. The van der Waals surface area contributed by atoms with Crippen LogP contribution < -0.4 is 5.73 Å². The summed E-state index contributed by atoms with van der Waals surface area (Å²) in [4.78, 5) is 4.68. The SMILES string of the molecule is Cc1ccc(Cl)cc1C(N)Cc1nc2ccccc2n1C. The van der Waals surface area contributed by atoms with Crippen LogP contribution in [0, 0.1) is 6.92 Å².